The van der Waals surface area contributed by atoms with E-state index in [0.29, 0.717) is 49.0 Å². The van der Waals surface area contributed by atoms with E-state index in [9.17, 15) is 33.0 Å². The fraction of sp³-hybridized carbons (Fsp3) is 0.371. The maximum absolute atomic E-state index is 14.1. The molecule has 11 heteroatoms. The molecule has 46 heavy (non-hydrogen) atoms. The third-order valence-electron chi connectivity index (χ3n) is 10.3. The van der Waals surface area contributed by atoms with Crippen molar-refractivity contribution in [3.63, 3.8) is 0 Å². The van der Waals surface area contributed by atoms with E-state index in [1.807, 2.05) is 30.3 Å². The van der Waals surface area contributed by atoms with Crippen molar-refractivity contribution in [1.29, 1.82) is 0 Å². The molecule has 2 aliphatic carbocycles. The van der Waals surface area contributed by atoms with Crippen LogP contribution in [0.3, 0.4) is 0 Å². The lowest BCUT2D eigenvalue weighted by Gasteiger charge is -2.63. The molecule has 0 aromatic heterocycles. The Hall–Kier alpha value is -4.35. The van der Waals surface area contributed by atoms with Crippen LogP contribution < -0.4 is 9.47 Å². The first-order chi connectivity index (χ1) is 21.9. The van der Waals surface area contributed by atoms with Crippen molar-refractivity contribution in [3.8, 4) is 17.2 Å². The molecule has 3 aromatic rings. The van der Waals surface area contributed by atoms with Gasteiger partial charge in [0.15, 0.2) is 17.3 Å². The average molecular weight is 635 g/mol. The maximum atomic E-state index is 14.1. The number of carbonyl (C=O) groups is 2. The monoisotopic (exact) mass is 634 g/mol. The van der Waals surface area contributed by atoms with Gasteiger partial charge in [0.2, 0.25) is 5.91 Å². The number of phenolic OH excluding ortho intramolecular Hbond substituents is 1. The second-order valence-corrected chi connectivity index (χ2v) is 12.6. The summed E-state index contributed by atoms with van der Waals surface area (Å²) in [6.45, 7) is 1.09. The molecule has 5 atom stereocenters. The zero-order chi connectivity index (χ0) is 32.4. The Balaban J connectivity index is 1.19. The van der Waals surface area contributed by atoms with Crippen molar-refractivity contribution < 1.29 is 42.4 Å². The number of alkyl halides is 3. The van der Waals surface area contributed by atoms with Gasteiger partial charge in [-0.3, -0.25) is 14.5 Å². The zero-order valence-electron chi connectivity index (χ0n) is 25.0. The summed E-state index contributed by atoms with van der Waals surface area (Å²) >= 11 is 0. The molecule has 2 N–H and O–H groups in total. The van der Waals surface area contributed by atoms with Crippen LogP contribution in [0.2, 0.25) is 0 Å². The molecule has 2 fully saturated rings. The second-order valence-electron chi connectivity index (χ2n) is 12.6. The Morgan fingerprint density at radius 2 is 1.91 bits per heavy atom. The number of carbonyl (C=O) groups excluding carboxylic acids is 2. The highest BCUT2D eigenvalue weighted by atomic mass is 19.4. The van der Waals surface area contributed by atoms with Gasteiger partial charge in [-0.25, -0.2) is 0 Å². The van der Waals surface area contributed by atoms with Crippen molar-refractivity contribution >= 4 is 17.8 Å². The van der Waals surface area contributed by atoms with Gasteiger partial charge >= 0.3 is 6.36 Å². The minimum Gasteiger partial charge on any atom is -0.504 e. The highest BCUT2D eigenvalue weighted by Crippen LogP contribution is 2.65. The minimum absolute atomic E-state index is 0.129. The van der Waals surface area contributed by atoms with Gasteiger partial charge in [-0.1, -0.05) is 42.5 Å². The third kappa shape index (κ3) is 4.67. The number of phenols is 1. The Morgan fingerprint density at radius 1 is 1.13 bits per heavy atom. The topological polar surface area (TPSA) is 99.5 Å². The number of hydrogen-bond donors (Lipinski definition) is 2. The summed E-state index contributed by atoms with van der Waals surface area (Å²) in [7, 11) is 1.62. The summed E-state index contributed by atoms with van der Waals surface area (Å²) in [5.41, 5.74) is -0.121. The number of aliphatic hydroxyl groups is 1. The molecule has 1 spiro atoms. The normalized spacial score (nSPS) is 28.1. The van der Waals surface area contributed by atoms with E-state index < -0.39 is 47.2 Å². The Bertz CT molecular complexity index is 1730. The van der Waals surface area contributed by atoms with Gasteiger partial charge < -0.3 is 24.6 Å². The number of likely N-dealkylation sites (N-methyl/N-ethyl adjacent to an activating group) is 1. The van der Waals surface area contributed by atoms with Crippen LogP contribution in [0.25, 0.3) is 6.08 Å². The zero-order valence-corrected chi connectivity index (χ0v) is 25.0. The van der Waals surface area contributed by atoms with Gasteiger partial charge in [0.25, 0.3) is 0 Å². The van der Waals surface area contributed by atoms with E-state index in [0.717, 1.165) is 5.56 Å². The number of amides is 1. The van der Waals surface area contributed by atoms with E-state index in [4.69, 9.17) is 4.74 Å². The van der Waals surface area contributed by atoms with E-state index in [1.54, 1.807) is 19.2 Å². The quantitative estimate of drug-likeness (QED) is 0.358. The molecule has 2 heterocycles. The first-order valence-electron chi connectivity index (χ1n) is 15.3. The fourth-order valence-corrected chi connectivity index (χ4v) is 8.29. The van der Waals surface area contributed by atoms with Crippen LogP contribution in [0.15, 0.2) is 72.8 Å². The number of aromatic hydroxyl groups is 1. The van der Waals surface area contributed by atoms with Crippen molar-refractivity contribution in [2.75, 3.05) is 20.1 Å². The molecule has 2 bridgehead atoms. The largest absolute Gasteiger partial charge is 0.573 e. The van der Waals surface area contributed by atoms with Gasteiger partial charge in [-0.2, -0.15) is 0 Å². The SMILES string of the molecule is CN(C(=O)C=Cc1cccc(OC(F)(F)F)c1)[C@@H]1CC[C@@]2(O)[C@H]3C(=O)c4ccc(O)c5c4[C@@]2(CCN3CCc2ccccc2)[C@H]1O5. The lowest BCUT2D eigenvalue weighted by molar-refractivity contribution is -0.274. The van der Waals surface area contributed by atoms with E-state index in [1.165, 1.54) is 41.3 Å². The number of halogens is 3. The molecule has 2 aliphatic heterocycles. The molecule has 1 amide bonds. The summed E-state index contributed by atoms with van der Waals surface area (Å²) in [4.78, 5) is 31.2. The molecule has 240 valence electrons. The standard InChI is InChI=1S/C35H33F3N2O6/c1-39(27(42)13-10-22-8-5-9-23(20-22)46-35(36,37)38)25-14-16-34(44)31-29(43)24-11-12-26(41)30-28(24)33(34,32(25)45-30)17-19-40(31)18-15-21-6-3-2-4-7-21/h2-13,20,25,31-32,41,44H,14-19H2,1H3/t25-,31-,32+,33+,34-/m1/s1. The predicted octanol–water partition coefficient (Wildman–Crippen LogP) is 4.87. The molecule has 1 saturated heterocycles. The van der Waals surface area contributed by atoms with Gasteiger partial charge in [0, 0.05) is 37.3 Å². The first-order valence-corrected chi connectivity index (χ1v) is 15.3. The average Bonchev–Trinajstić information content (AvgIpc) is 3.37. The van der Waals surface area contributed by atoms with Crippen molar-refractivity contribution in [1.82, 2.24) is 9.80 Å². The van der Waals surface area contributed by atoms with Crippen LogP contribution in [0.4, 0.5) is 13.2 Å². The number of likely N-dealkylation sites (tertiary alicyclic amines) is 1. The molecular weight excluding hydrogens is 601 g/mol. The van der Waals surface area contributed by atoms with E-state index in [-0.39, 0.29) is 23.7 Å². The van der Waals surface area contributed by atoms with E-state index >= 15 is 0 Å². The first kappa shape index (κ1) is 30.3. The van der Waals surface area contributed by atoms with Gasteiger partial charge in [-0.15, -0.1) is 13.2 Å². The Kier molecular flexibility index (Phi) is 7.17. The fourth-order valence-electron chi connectivity index (χ4n) is 8.29. The highest BCUT2D eigenvalue weighted by Gasteiger charge is 2.75. The van der Waals surface area contributed by atoms with Crippen LogP contribution in [-0.2, 0) is 16.6 Å². The predicted molar refractivity (Wildman–Crippen MR) is 162 cm³/mol. The maximum Gasteiger partial charge on any atom is 0.573 e. The van der Waals surface area contributed by atoms with Gasteiger partial charge in [0.1, 0.15) is 23.5 Å². The lowest BCUT2D eigenvalue weighted by atomic mass is 9.48. The number of piperidine rings is 1. The molecule has 0 unspecified atom stereocenters. The number of benzene rings is 3. The molecule has 1 saturated carbocycles. The van der Waals surface area contributed by atoms with Gasteiger partial charge in [-0.05, 0) is 67.2 Å². The molecule has 0 radical (unpaired) electrons. The summed E-state index contributed by atoms with van der Waals surface area (Å²) in [5.74, 6) is -0.965. The summed E-state index contributed by atoms with van der Waals surface area (Å²) in [6, 6.07) is 17.0. The number of hydrogen-bond acceptors (Lipinski definition) is 7. The van der Waals surface area contributed by atoms with Crippen LogP contribution in [-0.4, -0.2) is 82.0 Å². The van der Waals surface area contributed by atoms with Crippen LogP contribution in [0.1, 0.15) is 46.3 Å². The Labute approximate surface area is 263 Å². The number of ether oxygens (including phenoxy) is 2. The van der Waals surface area contributed by atoms with Crippen LogP contribution >= 0.6 is 0 Å². The van der Waals surface area contributed by atoms with Crippen molar-refractivity contribution in [2.24, 2.45) is 0 Å². The molecule has 8 nitrogen and oxygen atoms in total. The van der Waals surface area contributed by atoms with Crippen molar-refractivity contribution in [2.45, 2.75) is 61.2 Å². The summed E-state index contributed by atoms with van der Waals surface area (Å²) in [6.07, 6.45) is -1.18. The van der Waals surface area contributed by atoms with Crippen LogP contribution in [0.5, 0.6) is 17.2 Å². The van der Waals surface area contributed by atoms with Crippen molar-refractivity contribution in [3.05, 3.63) is 95.1 Å². The third-order valence-corrected chi connectivity index (χ3v) is 10.3. The summed E-state index contributed by atoms with van der Waals surface area (Å²) in [5, 5.41) is 23.6. The Morgan fingerprint density at radius 3 is 2.67 bits per heavy atom. The summed E-state index contributed by atoms with van der Waals surface area (Å²) < 4.78 is 48.5. The van der Waals surface area contributed by atoms with Crippen LogP contribution in [0, 0.1) is 0 Å². The lowest BCUT2D eigenvalue weighted by Crippen LogP contribution is -2.79. The number of ketones is 1. The highest BCUT2D eigenvalue weighted by molar-refractivity contribution is 6.06. The molecule has 3 aromatic carbocycles. The van der Waals surface area contributed by atoms with Gasteiger partial charge in [0.05, 0.1) is 11.5 Å². The molecule has 4 aliphatic rings. The number of Topliss-reactive ketones (excluding diaryl/α,β-unsaturated/α-hetero) is 1. The minimum atomic E-state index is -4.84. The second kappa shape index (κ2) is 10.9. The molecular formula is C35H33F3N2O6. The smallest absolute Gasteiger partial charge is 0.504 e. The number of nitrogens with zero attached hydrogens (tertiary/aromatic N) is 2. The number of rotatable bonds is 7. The van der Waals surface area contributed by atoms with E-state index in [2.05, 4.69) is 9.64 Å². The molecule has 7 rings (SSSR count).